The van der Waals surface area contributed by atoms with Crippen LogP contribution in [-0.2, 0) is 4.79 Å². The van der Waals surface area contributed by atoms with Gasteiger partial charge in [-0.2, -0.15) is 0 Å². The molecular weight excluding hydrogens is 114 g/mol. The van der Waals surface area contributed by atoms with Crippen molar-refractivity contribution >= 4 is 5.78 Å². The third kappa shape index (κ3) is 1.30. The maximum absolute atomic E-state index is 10.7. The van der Waals surface area contributed by atoms with Crippen molar-refractivity contribution in [3.05, 3.63) is 0 Å². The Labute approximate surface area is 55.8 Å². The van der Waals surface area contributed by atoms with Crippen LogP contribution in [0.2, 0.25) is 0 Å². The molecule has 1 fully saturated rings. The molecule has 0 saturated carbocycles. The van der Waals surface area contributed by atoms with Crippen molar-refractivity contribution in [2.75, 3.05) is 6.54 Å². The first-order valence-electron chi connectivity index (χ1n) is 3.39. The van der Waals surface area contributed by atoms with Gasteiger partial charge in [0.2, 0.25) is 0 Å². The molecule has 0 aliphatic carbocycles. The molecule has 1 aliphatic heterocycles. The summed E-state index contributed by atoms with van der Waals surface area (Å²) in [6, 6.07) is 0.795. The first kappa shape index (κ1) is 6.75. The monoisotopic (exact) mass is 127 g/mol. The number of hydrogen-bond donors (Lipinski definition) is 0. The highest BCUT2D eigenvalue weighted by Gasteiger charge is 2.39. The summed E-state index contributed by atoms with van der Waals surface area (Å²) in [6.07, 6.45) is 0. The van der Waals surface area contributed by atoms with E-state index in [2.05, 4.69) is 18.7 Å². The number of hydrogen-bond acceptors (Lipinski definition) is 2. The summed E-state index contributed by atoms with van der Waals surface area (Å²) in [7, 11) is 0. The molecule has 0 spiro atoms. The van der Waals surface area contributed by atoms with Gasteiger partial charge in [0.05, 0.1) is 6.04 Å². The first-order valence-corrected chi connectivity index (χ1v) is 3.39. The second kappa shape index (κ2) is 2.10. The van der Waals surface area contributed by atoms with E-state index >= 15 is 0 Å². The molecule has 2 unspecified atom stereocenters. The molecule has 0 aromatic rings. The smallest absolute Gasteiger partial charge is 0.148 e. The molecule has 9 heavy (non-hydrogen) atoms. The van der Waals surface area contributed by atoms with E-state index in [9.17, 15) is 4.79 Å². The zero-order valence-electron chi connectivity index (χ0n) is 6.22. The van der Waals surface area contributed by atoms with Crippen molar-refractivity contribution in [2.24, 2.45) is 0 Å². The highest BCUT2D eigenvalue weighted by Crippen LogP contribution is 2.20. The van der Waals surface area contributed by atoms with E-state index in [0.717, 1.165) is 6.54 Å². The van der Waals surface area contributed by atoms with Gasteiger partial charge in [-0.1, -0.05) is 0 Å². The molecule has 52 valence electrons. The Bertz CT molecular complexity index is 131. The standard InChI is InChI=1S/C7H13NO/c1-5(2)8-4-7(8)6(3)9/h5,7H,4H2,1-3H3. The van der Waals surface area contributed by atoms with Gasteiger partial charge in [-0.3, -0.25) is 9.69 Å². The zero-order valence-corrected chi connectivity index (χ0v) is 6.22. The lowest BCUT2D eigenvalue weighted by molar-refractivity contribution is -0.117. The number of carbonyl (C=O) groups is 1. The fourth-order valence-electron chi connectivity index (χ4n) is 1.09. The third-order valence-corrected chi connectivity index (χ3v) is 1.78. The van der Waals surface area contributed by atoms with E-state index in [0.29, 0.717) is 11.8 Å². The number of nitrogens with zero attached hydrogens (tertiary/aromatic N) is 1. The minimum absolute atomic E-state index is 0.255. The van der Waals surface area contributed by atoms with Crippen LogP contribution in [0.5, 0.6) is 0 Å². The Balaban J connectivity index is 2.33. The van der Waals surface area contributed by atoms with E-state index in [4.69, 9.17) is 0 Å². The lowest BCUT2D eigenvalue weighted by Crippen LogP contribution is -2.15. The highest BCUT2D eigenvalue weighted by molar-refractivity contribution is 5.84. The maximum atomic E-state index is 10.7. The number of rotatable bonds is 2. The van der Waals surface area contributed by atoms with Crippen molar-refractivity contribution in [2.45, 2.75) is 32.9 Å². The predicted molar refractivity (Wildman–Crippen MR) is 36.3 cm³/mol. The molecule has 0 aromatic carbocycles. The zero-order chi connectivity index (χ0) is 7.02. The highest BCUT2D eigenvalue weighted by atomic mass is 16.1. The molecule has 0 N–H and O–H groups in total. The quantitative estimate of drug-likeness (QED) is 0.508. The minimum atomic E-state index is 0.255. The van der Waals surface area contributed by atoms with E-state index in [1.165, 1.54) is 0 Å². The van der Waals surface area contributed by atoms with Crippen LogP contribution >= 0.6 is 0 Å². The molecule has 1 heterocycles. The second-order valence-electron chi connectivity index (χ2n) is 2.92. The summed E-state index contributed by atoms with van der Waals surface area (Å²) < 4.78 is 0. The minimum Gasteiger partial charge on any atom is -0.298 e. The SMILES string of the molecule is CC(=O)C1CN1C(C)C. The molecule has 2 heteroatoms. The number of carbonyl (C=O) groups excluding carboxylic acids is 1. The summed E-state index contributed by atoms with van der Waals surface area (Å²) in [6.45, 7) is 6.87. The van der Waals surface area contributed by atoms with Crippen LogP contribution in [0.4, 0.5) is 0 Å². The van der Waals surface area contributed by atoms with E-state index < -0.39 is 0 Å². The molecule has 0 aromatic heterocycles. The van der Waals surface area contributed by atoms with E-state index in [1.54, 1.807) is 6.92 Å². The predicted octanol–water partition coefficient (Wildman–Crippen LogP) is 0.668. The molecule has 1 rings (SSSR count). The summed E-state index contributed by atoms with van der Waals surface area (Å²) in [4.78, 5) is 12.9. The van der Waals surface area contributed by atoms with Crippen LogP contribution in [0.3, 0.4) is 0 Å². The summed E-state index contributed by atoms with van der Waals surface area (Å²) in [5.74, 6) is 0.309. The topological polar surface area (TPSA) is 20.1 Å². The normalized spacial score (nSPS) is 32.9. The Hall–Kier alpha value is -0.370. The van der Waals surface area contributed by atoms with Gasteiger partial charge >= 0.3 is 0 Å². The molecule has 0 radical (unpaired) electrons. The third-order valence-electron chi connectivity index (χ3n) is 1.78. The largest absolute Gasteiger partial charge is 0.298 e. The van der Waals surface area contributed by atoms with Crippen LogP contribution in [-0.4, -0.2) is 29.3 Å². The van der Waals surface area contributed by atoms with Crippen molar-refractivity contribution in [1.82, 2.24) is 4.90 Å². The molecule has 0 bridgehead atoms. The average molecular weight is 127 g/mol. The molecule has 2 nitrogen and oxygen atoms in total. The van der Waals surface area contributed by atoms with Gasteiger partial charge in [0.15, 0.2) is 0 Å². The van der Waals surface area contributed by atoms with Crippen molar-refractivity contribution in [3.63, 3.8) is 0 Å². The Morgan fingerprint density at radius 1 is 1.67 bits per heavy atom. The van der Waals surface area contributed by atoms with Crippen LogP contribution in [0.15, 0.2) is 0 Å². The van der Waals surface area contributed by atoms with Crippen LogP contribution in [0.1, 0.15) is 20.8 Å². The fraction of sp³-hybridized carbons (Fsp3) is 0.857. The van der Waals surface area contributed by atoms with Crippen molar-refractivity contribution in [3.8, 4) is 0 Å². The van der Waals surface area contributed by atoms with Gasteiger partial charge < -0.3 is 0 Å². The van der Waals surface area contributed by atoms with Crippen LogP contribution in [0, 0.1) is 0 Å². The number of ketones is 1. The van der Waals surface area contributed by atoms with Gasteiger partial charge in [-0.15, -0.1) is 0 Å². The summed E-state index contributed by atoms with van der Waals surface area (Å²) in [5.41, 5.74) is 0. The molecule has 0 amide bonds. The molecule has 1 saturated heterocycles. The van der Waals surface area contributed by atoms with Gasteiger partial charge in [0.25, 0.3) is 0 Å². The fourth-order valence-corrected chi connectivity index (χ4v) is 1.09. The van der Waals surface area contributed by atoms with E-state index in [-0.39, 0.29) is 6.04 Å². The van der Waals surface area contributed by atoms with Gasteiger partial charge in [0.1, 0.15) is 5.78 Å². The van der Waals surface area contributed by atoms with Crippen LogP contribution in [0.25, 0.3) is 0 Å². The summed E-state index contributed by atoms with van der Waals surface area (Å²) >= 11 is 0. The first-order chi connectivity index (χ1) is 4.13. The lowest BCUT2D eigenvalue weighted by atomic mass is 10.3. The molecular formula is C7H13NO. The van der Waals surface area contributed by atoms with Gasteiger partial charge in [0, 0.05) is 12.6 Å². The lowest BCUT2D eigenvalue weighted by Gasteiger charge is -2.03. The summed E-state index contributed by atoms with van der Waals surface area (Å²) in [5, 5.41) is 0. The molecule has 2 atom stereocenters. The molecule has 1 aliphatic rings. The Morgan fingerprint density at radius 3 is 2.33 bits per heavy atom. The van der Waals surface area contributed by atoms with E-state index in [1.807, 2.05) is 0 Å². The van der Waals surface area contributed by atoms with Gasteiger partial charge in [-0.25, -0.2) is 0 Å². The van der Waals surface area contributed by atoms with Crippen molar-refractivity contribution in [1.29, 1.82) is 0 Å². The van der Waals surface area contributed by atoms with Crippen molar-refractivity contribution < 1.29 is 4.79 Å². The maximum Gasteiger partial charge on any atom is 0.148 e. The van der Waals surface area contributed by atoms with Gasteiger partial charge in [-0.05, 0) is 20.8 Å². The Morgan fingerprint density at radius 2 is 2.22 bits per heavy atom. The number of Topliss-reactive ketones (excluding diaryl/α,β-unsaturated/α-hetero) is 1. The average Bonchev–Trinajstić information content (AvgIpc) is 2.39. The van der Waals surface area contributed by atoms with Crippen LogP contribution < -0.4 is 0 Å². The second-order valence-corrected chi connectivity index (χ2v) is 2.92. The Kier molecular flexibility index (Phi) is 1.58.